The minimum atomic E-state index is -0.123. The maximum atomic E-state index is 11.9. The highest BCUT2D eigenvalue weighted by Crippen LogP contribution is 2.34. The number of methoxy groups -OCH3 is 1. The van der Waals surface area contributed by atoms with Gasteiger partial charge in [-0.2, -0.15) is 0 Å². The Kier molecular flexibility index (Phi) is 3.84. The summed E-state index contributed by atoms with van der Waals surface area (Å²) in [7, 11) is 1.71. The number of nitrogens with one attached hydrogen (secondary N) is 1. The molecule has 1 aliphatic rings. The van der Waals surface area contributed by atoms with Gasteiger partial charge in [0.1, 0.15) is 0 Å². The molecule has 92 valence electrons. The summed E-state index contributed by atoms with van der Waals surface area (Å²) >= 11 is 3.35. The van der Waals surface area contributed by atoms with Crippen LogP contribution in [0.1, 0.15) is 29.6 Å². The first-order valence-electron chi connectivity index (χ1n) is 5.74. The van der Waals surface area contributed by atoms with Crippen LogP contribution in [0.5, 0.6) is 0 Å². The van der Waals surface area contributed by atoms with Crippen LogP contribution in [-0.2, 0) is 4.74 Å². The molecule has 0 bridgehead atoms. The van der Waals surface area contributed by atoms with Gasteiger partial charge in [0, 0.05) is 23.7 Å². The fourth-order valence-corrected chi connectivity index (χ4v) is 2.40. The molecule has 1 aromatic carbocycles. The van der Waals surface area contributed by atoms with Crippen LogP contribution in [-0.4, -0.2) is 25.2 Å². The molecule has 3 nitrogen and oxygen atoms in total. The smallest absolute Gasteiger partial charge is 0.251 e. The first-order valence-corrected chi connectivity index (χ1v) is 6.53. The first-order chi connectivity index (χ1) is 8.15. The van der Waals surface area contributed by atoms with Crippen molar-refractivity contribution in [3.8, 4) is 0 Å². The van der Waals surface area contributed by atoms with E-state index in [1.165, 1.54) is 6.42 Å². The Hall–Kier alpha value is -0.870. The van der Waals surface area contributed by atoms with E-state index < -0.39 is 0 Å². The van der Waals surface area contributed by atoms with Crippen molar-refractivity contribution in [2.45, 2.75) is 24.9 Å². The molecule has 0 aliphatic heterocycles. The van der Waals surface area contributed by atoms with E-state index in [1.807, 2.05) is 18.2 Å². The standard InChI is InChI=1S/C13H16BrNO2/c1-17-13(6-3-7-13)9-15-12(16)10-4-2-5-11(14)8-10/h2,4-5,8H,3,6-7,9H2,1H3,(H,15,16). The number of rotatable bonds is 4. The highest BCUT2D eigenvalue weighted by molar-refractivity contribution is 9.10. The summed E-state index contributed by atoms with van der Waals surface area (Å²) in [5.74, 6) is -0.0466. The van der Waals surface area contributed by atoms with Gasteiger partial charge in [0.25, 0.3) is 5.91 Å². The molecule has 4 heteroatoms. The predicted octanol–water partition coefficient (Wildman–Crippen LogP) is 2.75. The van der Waals surface area contributed by atoms with Crippen molar-refractivity contribution in [1.82, 2.24) is 5.32 Å². The third-order valence-corrected chi connectivity index (χ3v) is 3.85. The van der Waals surface area contributed by atoms with E-state index in [9.17, 15) is 4.79 Å². The number of benzene rings is 1. The molecule has 1 saturated carbocycles. The number of ether oxygens (including phenoxy) is 1. The van der Waals surface area contributed by atoms with Gasteiger partial charge >= 0.3 is 0 Å². The van der Waals surface area contributed by atoms with E-state index in [4.69, 9.17) is 4.74 Å². The van der Waals surface area contributed by atoms with Gasteiger partial charge in [-0.05, 0) is 37.5 Å². The summed E-state index contributed by atoms with van der Waals surface area (Å²) in [5.41, 5.74) is 0.548. The van der Waals surface area contributed by atoms with Gasteiger partial charge in [-0.25, -0.2) is 0 Å². The van der Waals surface area contributed by atoms with Crippen LogP contribution in [0.4, 0.5) is 0 Å². The fourth-order valence-electron chi connectivity index (χ4n) is 2.00. The van der Waals surface area contributed by atoms with E-state index >= 15 is 0 Å². The maximum absolute atomic E-state index is 11.9. The topological polar surface area (TPSA) is 38.3 Å². The third-order valence-electron chi connectivity index (χ3n) is 3.36. The largest absolute Gasteiger partial charge is 0.376 e. The quantitative estimate of drug-likeness (QED) is 0.928. The van der Waals surface area contributed by atoms with Crippen molar-refractivity contribution in [1.29, 1.82) is 0 Å². The normalized spacial score (nSPS) is 17.3. The minimum Gasteiger partial charge on any atom is -0.376 e. The lowest BCUT2D eigenvalue weighted by atomic mass is 9.80. The molecule has 1 fully saturated rings. The molecule has 1 aromatic rings. The van der Waals surface area contributed by atoms with Crippen LogP contribution in [0.25, 0.3) is 0 Å². The summed E-state index contributed by atoms with van der Waals surface area (Å²) in [6.45, 7) is 0.592. The van der Waals surface area contributed by atoms with Crippen LogP contribution in [0.3, 0.4) is 0 Å². The summed E-state index contributed by atoms with van der Waals surface area (Å²) in [4.78, 5) is 11.9. The van der Waals surface area contributed by atoms with Crippen LogP contribution in [0.2, 0.25) is 0 Å². The zero-order valence-corrected chi connectivity index (χ0v) is 11.4. The number of carbonyl (C=O) groups is 1. The molecule has 1 N–H and O–H groups in total. The average molecular weight is 298 g/mol. The highest BCUT2D eigenvalue weighted by atomic mass is 79.9. The number of carbonyl (C=O) groups excluding carboxylic acids is 1. The molecule has 0 atom stereocenters. The second-order valence-electron chi connectivity index (χ2n) is 4.43. The summed E-state index contributed by atoms with van der Waals surface area (Å²) in [6, 6.07) is 7.38. The van der Waals surface area contributed by atoms with Gasteiger partial charge in [-0.3, -0.25) is 4.79 Å². The molecule has 0 unspecified atom stereocenters. The Balaban J connectivity index is 1.93. The Bertz CT molecular complexity index is 410. The summed E-state index contributed by atoms with van der Waals surface area (Å²) in [6.07, 6.45) is 3.24. The maximum Gasteiger partial charge on any atom is 0.251 e. The molecule has 17 heavy (non-hydrogen) atoms. The van der Waals surface area contributed by atoms with Gasteiger partial charge in [0.05, 0.1) is 5.60 Å². The monoisotopic (exact) mass is 297 g/mol. The highest BCUT2D eigenvalue weighted by Gasteiger charge is 2.37. The van der Waals surface area contributed by atoms with Crippen molar-refractivity contribution in [3.05, 3.63) is 34.3 Å². The fraction of sp³-hybridized carbons (Fsp3) is 0.462. The number of hydrogen-bond donors (Lipinski definition) is 1. The average Bonchev–Trinajstić information content (AvgIpc) is 2.28. The lowest BCUT2D eigenvalue weighted by Gasteiger charge is -2.40. The molecule has 0 heterocycles. The van der Waals surface area contributed by atoms with Crippen molar-refractivity contribution < 1.29 is 9.53 Å². The molecule has 1 aliphatic carbocycles. The van der Waals surface area contributed by atoms with Crippen molar-refractivity contribution in [2.24, 2.45) is 0 Å². The van der Waals surface area contributed by atoms with Gasteiger partial charge < -0.3 is 10.1 Å². The molecular weight excluding hydrogens is 282 g/mol. The number of halogens is 1. The number of hydrogen-bond acceptors (Lipinski definition) is 2. The van der Waals surface area contributed by atoms with Gasteiger partial charge in [0.2, 0.25) is 0 Å². The molecule has 2 rings (SSSR count). The van der Waals surface area contributed by atoms with E-state index in [2.05, 4.69) is 21.2 Å². The van der Waals surface area contributed by atoms with E-state index in [0.717, 1.165) is 17.3 Å². The van der Waals surface area contributed by atoms with Crippen LogP contribution in [0.15, 0.2) is 28.7 Å². The second-order valence-corrected chi connectivity index (χ2v) is 5.35. The molecule has 1 amide bonds. The van der Waals surface area contributed by atoms with Crippen molar-refractivity contribution in [3.63, 3.8) is 0 Å². The SMILES string of the molecule is COC1(CNC(=O)c2cccc(Br)c2)CCC1. The van der Waals surface area contributed by atoms with Crippen molar-refractivity contribution >= 4 is 21.8 Å². The molecule has 0 aromatic heterocycles. The number of amides is 1. The lowest BCUT2D eigenvalue weighted by Crippen LogP contribution is -2.49. The van der Waals surface area contributed by atoms with Gasteiger partial charge in [-0.1, -0.05) is 22.0 Å². The van der Waals surface area contributed by atoms with E-state index in [-0.39, 0.29) is 11.5 Å². The Morgan fingerprint density at radius 2 is 2.29 bits per heavy atom. The first kappa shape index (κ1) is 12.6. The Morgan fingerprint density at radius 1 is 1.53 bits per heavy atom. The van der Waals surface area contributed by atoms with Gasteiger partial charge in [-0.15, -0.1) is 0 Å². The Labute approximate surface area is 110 Å². The van der Waals surface area contributed by atoms with E-state index in [1.54, 1.807) is 13.2 Å². The second kappa shape index (κ2) is 5.19. The molecule has 0 spiro atoms. The summed E-state index contributed by atoms with van der Waals surface area (Å²) in [5, 5.41) is 2.94. The van der Waals surface area contributed by atoms with Crippen molar-refractivity contribution in [2.75, 3.05) is 13.7 Å². The lowest BCUT2D eigenvalue weighted by molar-refractivity contribution is -0.0679. The molecule has 0 radical (unpaired) electrons. The summed E-state index contributed by atoms with van der Waals surface area (Å²) < 4.78 is 6.37. The predicted molar refractivity (Wildman–Crippen MR) is 70.1 cm³/mol. The Morgan fingerprint density at radius 3 is 2.82 bits per heavy atom. The molecule has 0 saturated heterocycles. The molecular formula is C13H16BrNO2. The van der Waals surface area contributed by atoms with Crippen LogP contribution < -0.4 is 5.32 Å². The minimum absolute atomic E-state index is 0.0466. The zero-order chi connectivity index (χ0) is 12.3. The van der Waals surface area contributed by atoms with Crippen LogP contribution in [0, 0.1) is 0 Å². The van der Waals surface area contributed by atoms with Crippen LogP contribution >= 0.6 is 15.9 Å². The zero-order valence-electron chi connectivity index (χ0n) is 9.83. The van der Waals surface area contributed by atoms with Gasteiger partial charge in [0.15, 0.2) is 0 Å². The van der Waals surface area contributed by atoms with E-state index in [0.29, 0.717) is 12.1 Å². The third kappa shape index (κ3) is 2.87.